The van der Waals surface area contributed by atoms with Crippen molar-refractivity contribution in [3.05, 3.63) is 41.6 Å². The van der Waals surface area contributed by atoms with E-state index in [1.165, 1.54) is 16.7 Å². The number of carboxylic acid groups (broad SMARTS) is 1. The molecule has 1 unspecified atom stereocenters. The molecule has 0 spiro atoms. The van der Waals surface area contributed by atoms with Crippen molar-refractivity contribution in [3.63, 3.8) is 0 Å². The number of nitrogens with zero attached hydrogens (tertiary/aromatic N) is 1. The first-order chi connectivity index (χ1) is 14.1. The maximum Gasteiger partial charge on any atom is 0.352 e. The van der Waals surface area contributed by atoms with Crippen LogP contribution in [0.5, 0.6) is 0 Å². The van der Waals surface area contributed by atoms with E-state index in [4.69, 9.17) is 0 Å². The van der Waals surface area contributed by atoms with E-state index in [2.05, 4.69) is 10.6 Å². The Labute approximate surface area is 177 Å². The Hall–Kier alpha value is -1.97. The van der Waals surface area contributed by atoms with Crippen LogP contribution in [0.1, 0.15) is 12.8 Å². The number of fused-ring (bicyclic) bond motifs is 1. The molecule has 29 heavy (non-hydrogen) atoms. The van der Waals surface area contributed by atoms with Gasteiger partial charge in [-0.3, -0.25) is 14.5 Å². The monoisotopic (exact) mass is 433 g/mol. The molecule has 2 saturated heterocycles. The second-order valence-electron chi connectivity index (χ2n) is 7.30. The highest BCUT2D eigenvalue weighted by molar-refractivity contribution is 8.01. The molecule has 154 valence electrons. The van der Waals surface area contributed by atoms with Gasteiger partial charge in [0.2, 0.25) is 5.91 Å². The number of rotatable bonds is 6. The van der Waals surface area contributed by atoms with E-state index in [9.17, 15) is 19.5 Å². The van der Waals surface area contributed by atoms with Crippen molar-refractivity contribution in [1.29, 1.82) is 0 Å². The molecule has 9 heteroatoms. The summed E-state index contributed by atoms with van der Waals surface area (Å²) in [6.45, 7) is 1.53. The predicted molar refractivity (Wildman–Crippen MR) is 112 cm³/mol. The SMILES string of the molecule is O=C(O)C1=C(CSc2ccccc2)CSC2[C@H](NC(=O)[C@H]3CCCNC3)C(=O)N12. The summed E-state index contributed by atoms with van der Waals surface area (Å²) in [6, 6.07) is 9.12. The molecule has 2 fully saturated rings. The van der Waals surface area contributed by atoms with Crippen LogP contribution in [0, 0.1) is 5.92 Å². The number of carbonyl (C=O) groups excluding carboxylic acids is 2. The summed E-state index contributed by atoms with van der Waals surface area (Å²) in [6.07, 6.45) is 1.75. The predicted octanol–water partition coefficient (Wildman–Crippen LogP) is 1.52. The molecular weight excluding hydrogens is 410 g/mol. The summed E-state index contributed by atoms with van der Waals surface area (Å²) in [5.74, 6) is -0.631. The van der Waals surface area contributed by atoms with Gasteiger partial charge in [-0.05, 0) is 37.1 Å². The van der Waals surface area contributed by atoms with Crippen molar-refractivity contribution in [2.45, 2.75) is 29.2 Å². The third-order valence-corrected chi connectivity index (χ3v) is 7.81. The molecule has 0 radical (unpaired) electrons. The van der Waals surface area contributed by atoms with Crippen molar-refractivity contribution < 1.29 is 19.5 Å². The number of carboxylic acids is 1. The van der Waals surface area contributed by atoms with Gasteiger partial charge in [-0.25, -0.2) is 4.79 Å². The Balaban J connectivity index is 1.44. The van der Waals surface area contributed by atoms with Crippen molar-refractivity contribution >= 4 is 41.3 Å². The zero-order valence-electron chi connectivity index (χ0n) is 15.8. The lowest BCUT2D eigenvalue weighted by Gasteiger charge is -2.49. The minimum Gasteiger partial charge on any atom is -0.477 e. The van der Waals surface area contributed by atoms with E-state index >= 15 is 0 Å². The molecular formula is C20H23N3O4S2. The van der Waals surface area contributed by atoms with Gasteiger partial charge in [0.25, 0.3) is 5.91 Å². The van der Waals surface area contributed by atoms with Gasteiger partial charge >= 0.3 is 5.97 Å². The summed E-state index contributed by atoms with van der Waals surface area (Å²) in [5.41, 5.74) is 0.814. The van der Waals surface area contributed by atoms with E-state index < -0.39 is 12.0 Å². The van der Waals surface area contributed by atoms with Crippen LogP contribution in [0.3, 0.4) is 0 Å². The number of thioether (sulfide) groups is 2. The Morgan fingerprint density at radius 3 is 2.79 bits per heavy atom. The highest BCUT2D eigenvalue weighted by Crippen LogP contribution is 2.41. The Morgan fingerprint density at radius 2 is 2.10 bits per heavy atom. The summed E-state index contributed by atoms with van der Waals surface area (Å²) in [5, 5.41) is 15.5. The first-order valence-electron chi connectivity index (χ1n) is 9.65. The zero-order chi connectivity index (χ0) is 20.4. The number of aliphatic carboxylic acids is 1. The fourth-order valence-electron chi connectivity index (χ4n) is 3.83. The van der Waals surface area contributed by atoms with Gasteiger partial charge in [0.05, 0.1) is 5.92 Å². The molecule has 3 aliphatic rings. The van der Waals surface area contributed by atoms with Crippen LogP contribution in [0.15, 0.2) is 46.5 Å². The average molecular weight is 434 g/mol. The van der Waals surface area contributed by atoms with Gasteiger partial charge in [0.1, 0.15) is 17.1 Å². The molecule has 0 aliphatic carbocycles. The molecule has 0 aromatic heterocycles. The quantitative estimate of drug-likeness (QED) is 0.462. The number of amides is 2. The molecule has 3 heterocycles. The molecule has 4 rings (SSSR count). The summed E-state index contributed by atoms with van der Waals surface area (Å²) in [7, 11) is 0. The van der Waals surface area contributed by atoms with Crippen LogP contribution in [-0.2, 0) is 14.4 Å². The van der Waals surface area contributed by atoms with Gasteiger partial charge in [0.15, 0.2) is 0 Å². The third kappa shape index (κ3) is 4.17. The molecule has 3 atom stereocenters. The number of hydrogen-bond donors (Lipinski definition) is 3. The Bertz CT molecular complexity index is 839. The van der Waals surface area contributed by atoms with Crippen LogP contribution in [-0.4, -0.2) is 63.8 Å². The molecule has 0 bridgehead atoms. The van der Waals surface area contributed by atoms with E-state index in [-0.39, 0.29) is 28.8 Å². The number of benzene rings is 1. The van der Waals surface area contributed by atoms with Gasteiger partial charge in [-0.1, -0.05) is 18.2 Å². The number of nitrogens with one attached hydrogen (secondary N) is 2. The molecule has 2 amide bonds. The minimum atomic E-state index is -1.09. The molecule has 7 nitrogen and oxygen atoms in total. The Kier molecular flexibility index (Phi) is 6.17. The maximum atomic E-state index is 12.7. The van der Waals surface area contributed by atoms with E-state index in [0.29, 0.717) is 18.1 Å². The van der Waals surface area contributed by atoms with Crippen LogP contribution >= 0.6 is 23.5 Å². The van der Waals surface area contributed by atoms with Crippen LogP contribution < -0.4 is 10.6 Å². The number of β-lactam (4-membered cyclic amide) rings is 1. The van der Waals surface area contributed by atoms with Crippen LogP contribution in [0.25, 0.3) is 0 Å². The normalized spacial score (nSPS) is 26.6. The van der Waals surface area contributed by atoms with Crippen LogP contribution in [0.4, 0.5) is 0 Å². The number of hydrogen-bond acceptors (Lipinski definition) is 6. The second kappa shape index (κ2) is 8.81. The van der Waals surface area contributed by atoms with Crippen molar-refractivity contribution in [2.75, 3.05) is 24.6 Å². The standard InChI is InChI=1S/C20H23N3O4S2/c24-17(12-5-4-8-21-9-12)22-15-18(25)23-16(20(26)27)13(11-29-19(15)23)10-28-14-6-2-1-3-7-14/h1-3,6-7,12,15,19,21H,4-5,8-11H2,(H,22,24)(H,26,27)/t12-,15+,19?/m0/s1. The van der Waals surface area contributed by atoms with Crippen LogP contribution in [0.2, 0.25) is 0 Å². The Morgan fingerprint density at radius 1 is 1.31 bits per heavy atom. The summed E-state index contributed by atoms with van der Waals surface area (Å²) < 4.78 is 0. The smallest absolute Gasteiger partial charge is 0.352 e. The van der Waals surface area contributed by atoms with Gasteiger partial charge in [-0.15, -0.1) is 23.5 Å². The molecule has 1 aromatic rings. The number of piperidine rings is 1. The summed E-state index contributed by atoms with van der Waals surface area (Å²) >= 11 is 3.08. The van der Waals surface area contributed by atoms with Gasteiger partial charge in [0, 0.05) is 22.9 Å². The molecule has 0 saturated carbocycles. The first-order valence-corrected chi connectivity index (χ1v) is 11.7. The third-order valence-electron chi connectivity index (χ3n) is 5.37. The van der Waals surface area contributed by atoms with E-state index in [1.807, 2.05) is 30.3 Å². The van der Waals surface area contributed by atoms with Crippen molar-refractivity contribution in [2.24, 2.45) is 5.92 Å². The average Bonchev–Trinajstić information content (AvgIpc) is 2.76. The summed E-state index contributed by atoms with van der Waals surface area (Å²) in [4.78, 5) is 39.5. The van der Waals surface area contributed by atoms with Crippen molar-refractivity contribution in [3.8, 4) is 0 Å². The second-order valence-corrected chi connectivity index (χ2v) is 9.45. The zero-order valence-corrected chi connectivity index (χ0v) is 17.4. The maximum absolute atomic E-state index is 12.7. The molecule has 3 aliphatic heterocycles. The number of carbonyl (C=O) groups is 3. The fraction of sp³-hybridized carbons (Fsp3) is 0.450. The lowest BCUT2D eigenvalue weighted by molar-refractivity contribution is -0.151. The lowest BCUT2D eigenvalue weighted by atomic mass is 9.97. The molecule has 1 aromatic carbocycles. The first kappa shape index (κ1) is 20.3. The van der Waals surface area contributed by atoms with Gasteiger partial charge in [-0.2, -0.15) is 0 Å². The highest BCUT2D eigenvalue weighted by atomic mass is 32.2. The fourth-order valence-corrected chi connectivity index (χ4v) is 6.23. The molecule has 3 N–H and O–H groups in total. The van der Waals surface area contributed by atoms with E-state index in [0.717, 1.165) is 29.9 Å². The van der Waals surface area contributed by atoms with E-state index in [1.54, 1.807) is 11.8 Å². The minimum absolute atomic E-state index is 0.0759. The highest BCUT2D eigenvalue weighted by Gasteiger charge is 2.54. The van der Waals surface area contributed by atoms with Crippen molar-refractivity contribution in [1.82, 2.24) is 15.5 Å². The topological polar surface area (TPSA) is 98.7 Å². The lowest BCUT2D eigenvalue weighted by Crippen LogP contribution is -2.71. The van der Waals surface area contributed by atoms with Gasteiger partial charge < -0.3 is 15.7 Å². The largest absolute Gasteiger partial charge is 0.477 e.